The fourth-order valence-electron chi connectivity index (χ4n) is 3.28. The summed E-state index contributed by atoms with van der Waals surface area (Å²) in [6, 6.07) is 7.87. The molecule has 0 bridgehead atoms. The first-order valence-corrected chi connectivity index (χ1v) is 6.14. The van der Waals surface area contributed by atoms with E-state index >= 15 is 0 Å². The van der Waals surface area contributed by atoms with Crippen LogP contribution in [0.25, 0.3) is 6.08 Å². The minimum atomic E-state index is -0.128. The standard InChI is InChI=1S/C16H12O2/c1-16-8-4-5-10-9-18-15(13(10)16)14(17)11-6-2-3-7-12(11)16/h2-7,9H,8H2,1H3. The second-order valence-corrected chi connectivity index (χ2v) is 5.21. The highest BCUT2D eigenvalue weighted by molar-refractivity contribution is 6.12. The molecule has 1 unspecified atom stereocenters. The largest absolute Gasteiger partial charge is 0.460 e. The van der Waals surface area contributed by atoms with E-state index in [1.807, 2.05) is 24.3 Å². The average molecular weight is 236 g/mol. The number of fused-ring (bicyclic) bond motifs is 2. The third-order valence-corrected chi connectivity index (χ3v) is 4.17. The number of hydrogen-bond donors (Lipinski definition) is 0. The maximum Gasteiger partial charge on any atom is 0.228 e. The number of carbonyl (C=O) groups is 1. The molecule has 2 aromatic rings. The Morgan fingerprint density at radius 1 is 1.28 bits per heavy atom. The van der Waals surface area contributed by atoms with Crippen molar-refractivity contribution in [3.63, 3.8) is 0 Å². The van der Waals surface area contributed by atoms with Crippen LogP contribution in [0.3, 0.4) is 0 Å². The van der Waals surface area contributed by atoms with E-state index in [2.05, 4.69) is 19.1 Å². The SMILES string of the molecule is CC12CC=Cc3coc(c31)C(=O)c1ccccc12. The van der Waals surface area contributed by atoms with E-state index in [9.17, 15) is 4.79 Å². The van der Waals surface area contributed by atoms with E-state index in [0.29, 0.717) is 5.76 Å². The van der Waals surface area contributed by atoms with Crippen molar-refractivity contribution in [2.75, 3.05) is 0 Å². The van der Waals surface area contributed by atoms with E-state index in [4.69, 9.17) is 4.42 Å². The molecule has 0 saturated carbocycles. The lowest BCUT2D eigenvalue weighted by molar-refractivity contribution is 0.0999. The van der Waals surface area contributed by atoms with Gasteiger partial charge in [0.25, 0.3) is 0 Å². The van der Waals surface area contributed by atoms with E-state index < -0.39 is 0 Å². The zero-order chi connectivity index (χ0) is 12.3. The average Bonchev–Trinajstić information content (AvgIpc) is 2.83. The molecule has 0 spiro atoms. The molecule has 2 aliphatic rings. The van der Waals surface area contributed by atoms with Crippen LogP contribution in [0, 0.1) is 0 Å². The Bertz CT molecular complexity index is 706. The molecule has 88 valence electrons. The molecule has 1 aromatic heterocycles. The van der Waals surface area contributed by atoms with Crippen LogP contribution in [0.15, 0.2) is 41.0 Å². The third kappa shape index (κ3) is 0.969. The predicted molar refractivity (Wildman–Crippen MR) is 68.7 cm³/mol. The Labute approximate surface area is 105 Å². The fourth-order valence-corrected chi connectivity index (χ4v) is 3.28. The van der Waals surface area contributed by atoms with Gasteiger partial charge in [0.15, 0.2) is 5.76 Å². The molecule has 0 saturated heterocycles. The summed E-state index contributed by atoms with van der Waals surface area (Å²) in [5, 5.41) is 0. The summed E-state index contributed by atoms with van der Waals surface area (Å²) in [7, 11) is 0. The molecule has 0 N–H and O–H groups in total. The van der Waals surface area contributed by atoms with Crippen LogP contribution >= 0.6 is 0 Å². The van der Waals surface area contributed by atoms with E-state index in [1.54, 1.807) is 6.26 Å². The smallest absolute Gasteiger partial charge is 0.228 e. The van der Waals surface area contributed by atoms with Crippen LogP contribution in [0.1, 0.15) is 46.2 Å². The minimum Gasteiger partial charge on any atom is -0.460 e. The molecule has 2 heteroatoms. The summed E-state index contributed by atoms with van der Waals surface area (Å²) in [6.45, 7) is 2.19. The van der Waals surface area contributed by atoms with Gasteiger partial charge in [-0.05, 0) is 12.0 Å². The molecule has 1 aromatic carbocycles. The molecule has 1 atom stereocenters. The Morgan fingerprint density at radius 3 is 3.00 bits per heavy atom. The van der Waals surface area contributed by atoms with Gasteiger partial charge in [0.1, 0.15) is 0 Å². The Hall–Kier alpha value is -2.09. The number of carbonyl (C=O) groups excluding carboxylic acids is 1. The van der Waals surface area contributed by atoms with Crippen molar-refractivity contribution in [2.24, 2.45) is 0 Å². The van der Waals surface area contributed by atoms with E-state index in [0.717, 1.165) is 28.7 Å². The van der Waals surface area contributed by atoms with E-state index in [1.165, 1.54) is 0 Å². The lowest BCUT2D eigenvalue weighted by Crippen LogP contribution is -2.33. The second-order valence-electron chi connectivity index (χ2n) is 5.21. The topological polar surface area (TPSA) is 30.2 Å². The molecule has 2 aliphatic carbocycles. The van der Waals surface area contributed by atoms with Gasteiger partial charge in [-0.3, -0.25) is 4.79 Å². The Kier molecular flexibility index (Phi) is 1.66. The van der Waals surface area contributed by atoms with Crippen LogP contribution in [0.4, 0.5) is 0 Å². The van der Waals surface area contributed by atoms with Gasteiger partial charge in [0, 0.05) is 22.1 Å². The zero-order valence-electron chi connectivity index (χ0n) is 10.1. The summed E-state index contributed by atoms with van der Waals surface area (Å²) in [4.78, 5) is 12.4. The Morgan fingerprint density at radius 2 is 2.11 bits per heavy atom. The number of allylic oxidation sites excluding steroid dienone is 1. The summed E-state index contributed by atoms with van der Waals surface area (Å²) >= 11 is 0. The molecule has 0 aliphatic heterocycles. The Balaban J connectivity index is 2.15. The number of furan rings is 1. The molecular weight excluding hydrogens is 224 g/mol. The van der Waals surface area contributed by atoms with Gasteiger partial charge in [0.2, 0.25) is 5.78 Å². The monoisotopic (exact) mass is 236 g/mol. The third-order valence-electron chi connectivity index (χ3n) is 4.17. The molecule has 0 amide bonds. The van der Waals surface area contributed by atoms with Crippen molar-refractivity contribution < 1.29 is 9.21 Å². The van der Waals surface area contributed by atoms with Gasteiger partial charge in [-0.25, -0.2) is 0 Å². The number of ketones is 1. The quantitative estimate of drug-likeness (QED) is 0.700. The predicted octanol–water partition coefficient (Wildman–Crippen LogP) is 3.55. The van der Waals surface area contributed by atoms with Crippen molar-refractivity contribution in [1.29, 1.82) is 0 Å². The lowest BCUT2D eigenvalue weighted by atomic mass is 9.65. The van der Waals surface area contributed by atoms with Crippen LogP contribution in [-0.4, -0.2) is 5.78 Å². The zero-order valence-corrected chi connectivity index (χ0v) is 10.1. The van der Waals surface area contributed by atoms with Gasteiger partial charge in [-0.15, -0.1) is 0 Å². The van der Waals surface area contributed by atoms with Crippen LogP contribution in [0.2, 0.25) is 0 Å². The molecule has 1 heterocycles. The number of hydrogen-bond acceptors (Lipinski definition) is 2. The van der Waals surface area contributed by atoms with Gasteiger partial charge < -0.3 is 4.42 Å². The molecule has 0 radical (unpaired) electrons. The summed E-state index contributed by atoms with van der Waals surface area (Å²) < 4.78 is 5.52. The fraction of sp³-hybridized carbons (Fsp3) is 0.188. The first-order valence-electron chi connectivity index (χ1n) is 6.14. The van der Waals surface area contributed by atoms with Crippen LogP contribution in [0.5, 0.6) is 0 Å². The van der Waals surface area contributed by atoms with Gasteiger partial charge in [-0.1, -0.05) is 43.3 Å². The van der Waals surface area contributed by atoms with Crippen LogP contribution in [-0.2, 0) is 5.41 Å². The minimum absolute atomic E-state index is 0.0135. The van der Waals surface area contributed by atoms with Crippen molar-refractivity contribution in [1.82, 2.24) is 0 Å². The summed E-state index contributed by atoms with van der Waals surface area (Å²) in [6.07, 6.45) is 6.82. The maximum absolute atomic E-state index is 12.4. The van der Waals surface area contributed by atoms with Crippen LogP contribution < -0.4 is 0 Å². The molecule has 2 nitrogen and oxygen atoms in total. The van der Waals surface area contributed by atoms with Gasteiger partial charge in [0.05, 0.1) is 6.26 Å². The van der Waals surface area contributed by atoms with Crippen molar-refractivity contribution in [2.45, 2.75) is 18.8 Å². The molecule has 18 heavy (non-hydrogen) atoms. The highest BCUT2D eigenvalue weighted by Crippen LogP contribution is 2.48. The summed E-state index contributed by atoms with van der Waals surface area (Å²) in [5.41, 5.74) is 3.88. The van der Waals surface area contributed by atoms with Crippen molar-refractivity contribution >= 4 is 11.9 Å². The lowest BCUT2D eigenvalue weighted by Gasteiger charge is -2.36. The van der Waals surface area contributed by atoms with Crippen molar-refractivity contribution in [3.05, 3.63) is 64.6 Å². The second kappa shape index (κ2) is 3.02. The molecule has 0 fully saturated rings. The molecule has 4 rings (SSSR count). The first kappa shape index (κ1) is 9.89. The number of rotatable bonds is 0. The van der Waals surface area contributed by atoms with Crippen molar-refractivity contribution in [3.8, 4) is 0 Å². The normalized spacial score (nSPS) is 23.7. The van der Waals surface area contributed by atoms with Gasteiger partial charge in [-0.2, -0.15) is 0 Å². The van der Waals surface area contributed by atoms with Gasteiger partial charge >= 0.3 is 0 Å². The highest BCUT2D eigenvalue weighted by atomic mass is 16.3. The highest BCUT2D eigenvalue weighted by Gasteiger charge is 2.44. The molecular formula is C16H12O2. The number of benzene rings is 1. The first-order chi connectivity index (χ1) is 8.72. The maximum atomic E-state index is 12.4. The van der Waals surface area contributed by atoms with E-state index in [-0.39, 0.29) is 11.2 Å². The summed E-state index contributed by atoms with van der Waals surface area (Å²) in [5.74, 6) is 0.537.